The minimum Gasteiger partial charge on any atom is -0.298 e. The Morgan fingerprint density at radius 1 is 1.38 bits per heavy atom. The smallest absolute Gasteiger partial charge is 0.150 e. The molecule has 0 aromatic heterocycles. The Morgan fingerprint density at radius 2 is 2.15 bits per heavy atom. The zero-order valence-corrected chi connectivity index (χ0v) is 8.35. The maximum atomic E-state index is 10.4. The highest BCUT2D eigenvalue weighted by molar-refractivity contribution is 6.32. The summed E-state index contributed by atoms with van der Waals surface area (Å²) >= 11 is 11.4. The molecule has 1 rings (SSSR count). The Kier molecular flexibility index (Phi) is 4.00. The molecule has 0 bridgehead atoms. The van der Waals surface area contributed by atoms with Gasteiger partial charge in [0, 0.05) is 16.5 Å². The van der Waals surface area contributed by atoms with Gasteiger partial charge in [-0.15, -0.1) is 11.6 Å². The van der Waals surface area contributed by atoms with Gasteiger partial charge in [-0.1, -0.05) is 35.9 Å². The van der Waals surface area contributed by atoms with Crippen molar-refractivity contribution in [2.45, 2.75) is 0 Å². The van der Waals surface area contributed by atoms with Crippen molar-refractivity contribution in [3.05, 3.63) is 40.4 Å². The second kappa shape index (κ2) is 5.05. The van der Waals surface area contributed by atoms with Crippen molar-refractivity contribution in [1.29, 1.82) is 0 Å². The minimum absolute atomic E-state index is 0.450. The third kappa shape index (κ3) is 2.87. The van der Waals surface area contributed by atoms with Crippen LogP contribution in [0.2, 0.25) is 5.02 Å². The van der Waals surface area contributed by atoms with E-state index in [9.17, 15) is 4.79 Å². The molecule has 0 heterocycles. The first-order valence-corrected chi connectivity index (χ1v) is 4.66. The summed E-state index contributed by atoms with van der Waals surface area (Å²) in [5, 5.41) is 0.561. The van der Waals surface area contributed by atoms with Crippen LogP contribution < -0.4 is 0 Å². The molecule has 0 spiro atoms. The molecule has 1 aromatic carbocycles. The van der Waals surface area contributed by atoms with Crippen molar-refractivity contribution in [1.82, 2.24) is 0 Å². The zero-order chi connectivity index (χ0) is 9.68. The van der Waals surface area contributed by atoms with E-state index in [-0.39, 0.29) is 0 Å². The van der Waals surface area contributed by atoms with Gasteiger partial charge in [0.25, 0.3) is 0 Å². The fraction of sp³-hybridized carbons (Fsp3) is 0.100. The van der Waals surface area contributed by atoms with E-state index in [2.05, 4.69) is 0 Å². The SMILES string of the molecule is O=Cc1ccc(C=CCCl)c(Cl)c1. The molecule has 0 radical (unpaired) electrons. The van der Waals surface area contributed by atoms with Gasteiger partial charge in [-0.2, -0.15) is 0 Å². The van der Waals surface area contributed by atoms with Crippen LogP contribution in [0.25, 0.3) is 6.08 Å². The standard InChI is InChI=1S/C10H8Cl2O/c11-5-1-2-9-4-3-8(7-13)6-10(9)12/h1-4,6-7H,5H2. The second-order valence-corrected chi connectivity index (χ2v) is 3.17. The molecule has 68 valence electrons. The number of carbonyl (C=O) groups is 1. The van der Waals surface area contributed by atoms with E-state index < -0.39 is 0 Å². The summed E-state index contributed by atoms with van der Waals surface area (Å²) in [4.78, 5) is 10.4. The van der Waals surface area contributed by atoms with E-state index in [1.165, 1.54) is 0 Å². The van der Waals surface area contributed by atoms with Gasteiger partial charge in [-0.3, -0.25) is 4.79 Å². The number of aldehydes is 1. The second-order valence-electron chi connectivity index (χ2n) is 2.46. The average Bonchev–Trinajstić information content (AvgIpc) is 2.16. The Labute approximate surface area is 87.0 Å². The maximum Gasteiger partial charge on any atom is 0.150 e. The van der Waals surface area contributed by atoms with Crippen LogP contribution in [-0.4, -0.2) is 12.2 Å². The zero-order valence-electron chi connectivity index (χ0n) is 6.84. The van der Waals surface area contributed by atoms with Crippen LogP contribution >= 0.6 is 23.2 Å². The van der Waals surface area contributed by atoms with Crippen molar-refractivity contribution in [3.8, 4) is 0 Å². The molecule has 0 saturated carbocycles. The van der Waals surface area contributed by atoms with Gasteiger partial charge in [0.15, 0.2) is 0 Å². The summed E-state index contributed by atoms with van der Waals surface area (Å²) in [5.74, 6) is 0.450. The van der Waals surface area contributed by atoms with E-state index in [4.69, 9.17) is 23.2 Å². The molecule has 13 heavy (non-hydrogen) atoms. The van der Waals surface area contributed by atoms with Crippen LogP contribution in [0.5, 0.6) is 0 Å². The number of hydrogen-bond acceptors (Lipinski definition) is 1. The molecular weight excluding hydrogens is 207 g/mol. The molecule has 0 fully saturated rings. The Morgan fingerprint density at radius 3 is 2.69 bits per heavy atom. The quantitative estimate of drug-likeness (QED) is 0.557. The van der Waals surface area contributed by atoms with Gasteiger partial charge >= 0.3 is 0 Å². The minimum atomic E-state index is 0.450. The van der Waals surface area contributed by atoms with Gasteiger partial charge in [-0.25, -0.2) is 0 Å². The molecule has 0 aliphatic rings. The van der Waals surface area contributed by atoms with Crippen LogP contribution in [-0.2, 0) is 0 Å². The lowest BCUT2D eigenvalue weighted by atomic mass is 10.1. The van der Waals surface area contributed by atoms with Gasteiger partial charge < -0.3 is 0 Å². The summed E-state index contributed by atoms with van der Waals surface area (Å²) in [6, 6.07) is 5.13. The number of carbonyl (C=O) groups excluding carboxylic acids is 1. The van der Waals surface area contributed by atoms with Crippen LogP contribution in [0, 0.1) is 0 Å². The highest BCUT2D eigenvalue weighted by atomic mass is 35.5. The van der Waals surface area contributed by atoms with E-state index in [0.29, 0.717) is 16.5 Å². The van der Waals surface area contributed by atoms with E-state index >= 15 is 0 Å². The molecule has 1 nitrogen and oxygen atoms in total. The molecule has 0 aliphatic carbocycles. The monoisotopic (exact) mass is 214 g/mol. The molecule has 0 atom stereocenters. The number of allylic oxidation sites excluding steroid dienone is 1. The maximum absolute atomic E-state index is 10.4. The number of hydrogen-bond donors (Lipinski definition) is 0. The summed E-state index contributed by atoms with van der Waals surface area (Å²) in [6.45, 7) is 0. The summed E-state index contributed by atoms with van der Waals surface area (Å²) in [6.07, 6.45) is 4.38. The van der Waals surface area contributed by atoms with Crippen LogP contribution in [0.4, 0.5) is 0 Å². The molecule has 0 aliphatic heterocycles. The van der Waals surface area contributed by atoms with E-state index in [1.54, 1.807) is 24.3 Å². The predicted octanol–water partition coefficient (Wildman–Crippen LogP) is 3.40. The van der Waals surface area contributed by atoms with Crippen molar-refractivity contribution in [3.63, 3.8) is 0 Å². The first kappa shape index (κ1) is 10.3. The highest BCUT2D eigenvalue weighted by Crippen LogP contribution is 2.18. The normalized spacial score (nSPS) is 10.6. The third-order valence-corrected chi connectivity index (χ3v) is 2.05. The van der Waals surface area contributed by atoms with Crippen molar-refractivity contribution in [2.24, 2.45) is 0 Å². The van der Waals surface area contributed by atoms with Crippen molar-refractivity contribution in [2.75, 3.05) is 5.88 Å². The number of benzene rings is 1. The topological polar surface area (TPSA) is 17.1 Å². The number of halogens is 2. The molecule has 1 aromatic rings. The van der Waals surface area contributed by atoms with Crippen LogP contribution in [0.1, 0.15) is 15.9 Å². The van der Waals surface area contributed by atoms with Crippen LogP contribution in [0.3, 0.4) is 0 Å². The lowest BCUT2D eigenvalue weighted by molar-refractivity contribution is 0.112. The molecule has 3 heteroatoms. The lowest BCUT2D eigenvalue weighted by Gasteiger charge is -1.98. The van der Waals surface area contributed by atoms with Gasteiger partial charge in [0.1, 0.15) is 6.29 Å². The molecular formula is C10H8Cl2O. The summed E-state index contributed by atoms with van der Waals surface area (Å²) in [5.41, 5.74) is 1.45. The Balaban J connectivity index is 2.98. The molecule has 0 N–H and O–H groups in total. The first-order chi connectivity index (χ1) is 6.27. The van der Waals surface area contributed by atoms with Crippen molar-refractivity contribution >= 4 is 35.6 Å². The fourth-order valence-electron chi connectivity index (χ4n) is 0.923. The number of rotatable bonds is 3. The molecule has 0 unspecified atom stereocenters. The average molecular weight is 215 g/mol. The third-order valence-electron chi connectivity index (χ3n) is 1.55. The predicted molar refractivity (Wildman–Crippen MR) is 56.6 cm³/mol. The highest BCUT2D eigenvalue weighted by Gasteiger charge is 1.97. The van der Waals surface area contributed by atoms with E-state index in [1.807, 2.05) is 6.08 Å². The van der Waals surface area contributed by atoms with Crippen molar-refractivity contribution < 1.29 is 4.79 Å². The molecule has 0 saturated heterocycles. The fourth-order valence-corrected chi connectivity index (χ4v) is 1.26. The van der Waals surface area contributed by atoms with E-state index in [0.717, 1.165) is 11.8 Å². The Bertz CT molecular complexity index is 332. The van der Waals surface area contributed by atoms with Crippen LogP contribution in [0.15, 0.2) is 24.3 Å². The largest absolute Gasteiger partial charge is 0.298 e. The summed E-state index contributed by atoms with van der Waals surface area (Å²) < 4.78 is 0. The van der Waals surface area contributed by atoms with Gasteiger partial charge in [0.2, 0.25) is 0 Å². The lowest BCUT2D eigenvalue weighted by Crippen LogP contribution is -1.81. The first-order valence-electron chi connectivity index (χ1n) is 3.75. The van der Waals surface area contributed by atoms with Gasteiger partial charge in [0.05, 0.1) is 0 Å². The Hall–Kier alpha value is -0.790. The summed E-state index contributed by atoms with van der Waals surface area (Å²) in [7, 11) is 0. The number of alkyl halides is 1. The molecule has 0 amide bonds. The van der Waals surface area contributed by atoms with Gasteiger partial charge in [-0.05, 0) is 11.6 Å².